The van der Waals surface area contributed by atoms with Gasteiger partial charge in [0.15, 0.2) is 16.5 Å². The Kier molecular flexibility index (Phi) is 8.69. The number of carboxylic acids is 2. The van der Waals surface area contributed by atoms with Crippen molar-refractivity contribution in [2.75, 3.05) is 17.2 Å². The first-order valence-electron chi connectivity index (χ1n) is 12.7. The number of hydrogen-bond donors (Lipinski definition) is 6. The number of aromatic carboxylic acids is 1. The first kappa shape index (κ1) is 31.7. The summed E-state index contributed by atoms with van der Waals surface area (Å²) in [6.07, 6.45) is 2.60. The van der Waals surface area contributed by atoms with Crippen LogP contribution in [0.4, 0.5) is 5.13 Å². The van der Waals surface area contributed by atoms with Crippen LogP contribution in [0.25, 0.3) is 5.65 Å². The molecule has 0 aliphatic carbocycles. The second kappa shape index (κ2) is 12.3. The zero-order valence-electron chi connectivity index (χ0n) is 23.3. The molecule has 236 valence electrons. The van der Waals surface area contributed by atoms with Gasteiger partial charge in [-0.3, -0.25) is 24.7 Å². The van der Waals surface area contributed by atoms with Crippen LogP contribution in [0.1, 0.15) is 29.9 Å². The Morgan fingerprint density at radius 3 is 2.67 bits per heavy atom. The molecule has 3 aromatic heterocycles. The van der Waals surface area contributed by atoms with E-state index in [9.17, 15) is 34.2 Å². The number of nitrogens with one attached hydrogen (secondary N) is 2. The molecule has 1 saturated heterocycles. The van der Waals surface area contributed by atoms with E-state index in [-0.39, 0.29) is 45.0 Å². The number of thiazole rings is 1. The largest absolute Gasteiger partial charge is 0.477 e. The number of oxime groups is 1. The first-order valence-corrected chi connectivity index (χ1v) is 15.6. The third-order valence-corrected chi connectivity index (χ3v) is 9.66. The fourth-order valence-electron chi connectivity index (χ4n) is 4.27. The Labute approximate surface area is 265 Å². The van der Waals surface area contributed by atoms with Crippen LogP contribution in [0.2, 0.25) is 0 Å². The number of fused-ring (bicyclic) bond motifs is 2. The lowest BCUT2D eigenvalue weighted by molar-refractivity contribution is -0.150. The van der Waals surface area contributed by atoms with E-state index in [0.717, 1.165) is 16.2 Å². The van der Waals surface area contributed by atoms with Crippen molar-refractivity contribution < 1.29 is 39.0 Å². The molecule has 1 fully saturated rings. The molecule has 0 aromatic carbocycles. The molecule has 3 aromatic rings. The smallest absolute Gasteiger partial charge is 0.352 e. The van der Waals surface area contributed by atoms with Gasteiger partial charge >= 0.3 is 11.9 Å². The summed E-state index contributed by atoms with van der Waals surface area (Å²) in [4.78, 5) is 76.9. The second-order valence-electron chi connectivity index (χ2n) is 9.87. The maximum absolute atomic E-state index is 13.3. The Morgan fingerprint density at radius 2 is 2.02 bits per heavy atom. The molecule has 3 amide bonds. The Hall–Kier alpha value is -4.73. The van der Waals surface area contributed by atoms with Crippen LogP contribution in [0.3, 0.4) is 0 Å². The fourth-order valence-corrected chi connectivity index (χ4v) is 7.27. The molecule has 5 heterocycles. The van der Waals surface area contributed by atoms with Crippen molar-refractivity contribution in [2.45, 2.75) is 35.9 Å². The van der Waals surface area contributed by atoms with E-state index >= 15 is 0 Å². The monoisotopic (exact) mass is 676 g/mol. The molecule has 0 spiro atoms. The molecule has 0 saturated carbocycles. The van der Waals surface area contributed by atoms with Gasteiger partial charge in [-0.1, -0.05) is 5.16 Å². The Morgan fingerprint density at radius 1 is 1.27 bits per heavy atom. The molecule has 21 heteroatoms. The number of nitrogen functional groups attached to an aromatic ring is 1. The lowest BCUT2D eigenvalue weighted by Gasteiger charge is -2.49. The quantitative estimate of drug-likeness (QED) is 0.0284. The molecule has 2 atom stereocenters. The van der Waals surface area contributed by atoms with Gasteiger partial charge in [0.25, 0.3) is 17.7 Å². The van der Waals surface area contributed by atoms with E-state index in [0.29, 0.717) is 10.6 Å². The van der Waals surface area contributed by atoms with E-state index in [4.69, 9.17) is 16.4 Å². The van der Waals surface area contributed by atoms with Crippen molar-refractivity contribution in [3.63, 3.8) is 0 Å². The molecule has 5 rings (SSSR count). The van der Waals surface area contributed by atoms with E-state index < -0.39 is 46.7 Å². The fraction of sp³-hybridized carbons (Fsp3) is 0.292. The molecule has 18 nitrogen and oxygen atoms in total. The molecule has 2 aliphatic heterocycles. The molecule has 45 heavy (non-hydrogen) atoms. The SMILES string of the molecule is CC(C)(O/N=C(\C(=O)NC1C(=O)N2C(C(=O)O)=C(CSc3ccnc4c(C(=O)O)cnn34)CS[C@H]12)c1csc(N)n1)C(=O)NN. The van der Waals surface area contributed by atoms with Gasteiger partial charge in [0.05, 0.1) is 6.20 Å². The standard InChI is InChI=1S/C24H24N10O8S3/c1-24(2,22(41)31-26)42-32-13(11-8-45-23(25)29-11)17(35)30-14-18(36)33-15(21(39)40)9(7-44-19(14)33)6-43-12-3-4-27-16-10(20(37)38)5-28-34(12)16/h3-5,8,14,19H,6-7,26H2,1-2H3,(H2,25,29)(H,30,35)(H,31,41)(H,37,38)(H,39,40)/b32-13-/t14?,19-/m1/s1. The van der Waals surface area contributed by atoms with Gasteiger partial charge in [0, 0.05) is 23.1 Å². The minimum absolute atomic E-state index is 0.0298. The van der Waals surface area contributed by atoms with Crippen LogP contribution in [-0.2, 0) is 24.0 Å². The summed E-state index contributed by atoms with van der Waals surface area (Å²) in [6, 6.07) is 0.504. The summed E-state index contributed by atoms with van der Waals surface area (Å²) in [5, 5.41) is 31.2. The van der Waals surface area contributed by atoms with Gasteiger partial charge in [-0.05, 0) is 25.5 Å². The molecule has 2 aliphatic rings. The third kappa shape index (κ3) is 6.01. The number of nitrogens with two attached hydrogens (primary N) is 2. The highest BCUT2D eigenvalue weighted by atomic mass is 32.2. The zero-order valence-corrected chi connectivity index (χ0v) is 25.7. The van der Waals surface area contributed by atoms with Crippen molar-refractivity contribution >= 4 is 81.0 Å². The predicted molar refractivity (Wildman–Crippen MR) is 161 cm³/mol. The molecule has 0 bridgehead atoms. The molecule has 1 unspecified atom stereocenters. The van der Waals surface area contributed by atoms with Gasteiger partial charge in [-0.25, -0.2) is 29.9 Å². The third-order valence-electron chi connectivity index (χ3n) is 6.55. The number of anilines is 1. The number of hydrogen-bond acceptors (Lipinski definition) is 15. The van der Waals surface area contributed by atoms with E-state index in [2.05, 4.69) is 25.5 Å². The molecule has 0 radical (unpaired) electrons. The van der Waals surface area contributed by atoms with Crippen molar-refractivity contribution in [1.29, 1.82) is 0 Å². The van der Waals surface area contributed by atoms with Crippen molar-refractivity contribution in [1.82, 2.24) is 35.2 Å². The Balaban J connectivity index is 1.34. The maximum Gasteiger partial charge on any atom is 0.352 e. The topological polar surface area (TPSA) is 270 Å². The summed E-state index contributed by atoms with van der Waals surface area (Å²) in [7, 11) is 0. The Bertz CT molecular complexity index is 1800. The summed E-state index contributed by atoms with van der Waals surface area (Å²) >= 11 is 3.48. The lowest BCUT2D eigenvalue weighted by Crippen LogP contribution is -2.71. The number of aliphatic carboxylic acids is 1. The number of hydrazine groups is 1. The first-order chi connectivity index (χ1) is 21.3. The zero-order chi connectivity index (χ0) is 32.6. The summed E-state index contributed by atoms with van der Waals surface area (Å²) in [5.74, 6) is 0.782. The van der Waals surface area contributed by atoms with Crippen LogP contribution >= 0.6 is 34.9 Å². The predicted octanol–water partition coefficient (Wildman–Crippen LogP) is -0.514. The summed E-state index contributed by atoms with van der Waals surface area (Å²) in [5.41, 5.74) is 6.02. The van der Waals surface area contributed by atoms with Gasteiger partial charge in [-0.15, -0.1) is 34.9 Å². The summed E-state index contributed by atoms with van der Waals surface area (Å²) in [6.45, 7) is 2.73. The van der Waals surface area contributed by atoms with Gasteiger partial charge in [0.1, 0.15) is 33.4 Å². The average Bonchev–Trinajstić information content (AvgIpc) is 3.64. The van der Waals surface area contributed by atoms with Crippen molar-refractivity contribution in [3.8, 4) is 0 Å². The lowest BCUT2D eigenvalue weighted by atomic mass is 10.0. The number of thioether (sulfide) groups is 2. The van der Waals surface area contributed by atoms with Gasteiger partial charge in [0.2, 0.25) is 5.60 Å². The van der Waals surface area contributed by atoms with Crippen LogP contribution in [0, 0.1) is 0 Å². The van der Waals surface area contributed by atoms with Gasteiger partial charge in [-0.2, -0.15) is 5.10 Å². The number of carboxylic acid groups (broad SMARTS) is 2. The van der Waals surface area contributed by atoms with Crippen LogP contribution in [0.5, 0.6) is 0 Å². The van der Waals surface area contributed by atoms with E-state index in [1.807, 2.05) is 5.43 Å². The number of aromatic nitrogens is 4. The minimum atomic E-state index is -1.57. The number of carbonyl (C=O) groups is 5. The normalized spacial score (nSPS) is 18.3. The highest BCUT2D eigenvalue weighted by molar-refractivity contribution is 8.01. The molecule has 8 N–H and O–H groups in total. The van der Waals surface area contributed by atoms with Gasteiger partial charge < -0.3 is 26.1 Å². The number of nitrogens with zero attached hydrogens (tertiary/aromatic N) is 6. The number of carbonyl (C=O) groups excluding carboxylic acids is 3. The van der Waals surface area contributed by atoms with Crippen molar-refractivity contribution in [3.05, 3.63) is 46.4 Å². The average molecular weight is 677 g/mol. The second-order valence-corrected chi connectivity index (χ2v) is 12.9. The minimum Gasteiger partial charge on any atom is -0.477 e. The highest BCUT2D eigenvalue weighted by Crippen LogP contribution is 2.41. The maximum atomic E-state index is 13.3. The highest BCUT2D eigenvalue weighted by Gasteiger charge is 2.54. The van der Waals surface area contributed by atoms with Crippen LogP contribution in [-0.4, -0.2) is 98.6 Å². The summed E-state index contributed by atoms with van der Waals surface area (Å²) < 4.78 is 1.34. The van der Waals surface area contributed by atoms with Crippen LogP contribution < -0.4 is 22.3 Å². The van der Waals surface area contributed by atoms with Crippen LogP contribution in [0.15, 0.2) is 45.3 Å². The van der Waals surface area contributed by atoms with Crippen molar-refractivity contribution in [2.24, 2.45) is 11.0 Å². The number of β-lactam (4-membered cyclic amide) rings is 1. The number of amides is 3. The number of rotatable bonds is 11. The molecular weight excluding hydrogens is 653 g/mol. The van der Waals surface area contributed by atoms with E-state index in [1.165, 1.54) is 59.7 Å². The molecular formula is C24H24N10O8S3. The van der Waals surface area contributed by atoms with E-state index in [1.54, 1.807) is 6.07 Å².